The quantitative estimate of drug-likeness (QED) is 0.536. The molecule has 1 aromatic rings. The lowest BCUT2D eigenvalue weighted by Crippen LogP contribution is -2.46. The summed E-state index contributed by atoms with van der Waals surface area (Å²) >= 11 is 0. The molecule has 0 fully saturated rings. The van der Waals surface area contributed by atoms with Gasteiger partial charge in [-0.3, -0.25) is 0 Å². The highest BCUT2D eigenvalue weighted by Gasteiger charge is 2.43. The SMILES string of the molecule is Cc1ccc2c(c1C)OC(=O)C(O)C2(C)C. The van der Waals surface area contributed by atoms with E-state index in [1.54, 1.807) is 0 Å². The minimum absolute atomic E-state index is 0.564. The van der Waals surface area contributed by atoms with E-state index in [1.165, 1.54) is 0 Å². The van der Waals surface area contributed by atoms with Gasteiger partial charge in [-0.2, -0.15) is 0 Å². The molecular weight excluding hydrogens is 204 g/mol. The van der Waals surface area contributed by atoms with Gasteiger partial charge in [-0.1, -0.05) is 26.0 Å². The van der Waals surface area contributed by atoms with Gasteiger partial charge < -0.3 is 9.84 Å². The lowest BCUT2D eigenvalue weighted by Gasteiger charge is -2.36. The molecule has 16 heavy (non-hydrogen) atoms. The normalized spacial score (nSPS) is 22.6. The Morgan fingerprint density at radius 2 is 1.94 bits per heavy atom. The van der Waals surface area contributed by atoms with E-state index in [1.807, 2.05) is 39.8 Å². The molecule has 1 unspecified atom stereocenters. The molecule has 0 bridgehead atoms. The van der Waals surface area contributed by atoms with Gasteiger partial charge in [-0.05, 0) is 25.0 Å². The Labute approximate surface area is 95.0 Å². The van der Waals surface area contributed by atoms with Crippen LogP contribution in [0.4, 0.5) is 0 Å². The summed E-state index contributed by atoms with van der Waals surface area (Å²) in [5.74, 6) is 0.0477. The zero-order valence-electron chi connectivity index (χ0n) is 10.00. The number of esters is 1. The number of aryl methyl sites for hydroxylation is 1. The fraction of sp³-hybridized carbons (Fsp3) is 0.462. The van der Waals surface area contributed by atoms with Crippen LogP contribution in [-0.2, 0) is 10.2 Å². The second-order valence-corrected chi connectivity index (χ2v) is 4.93. The average molecular weight is 220 g/mol. The Bertz CT molecular complexity index is 460. The van der Waals surface area contributed by atoms with Crippen LogP contribution in [0.2, 0.25) is 0 Å². The minimum atomic E-state index is -1.10. The number of carbonyl (C=O) groups is 1. The second kappa shape index (κ2) is 3.32. The van der Waals surface area contributed by atoms with E-state index >= 15 is 0 Å². The summed E-state index contributed by atoms with van der Waals surface area (Å²) in [6.45, 7) is 7.61. The molecule has 86 valence electrons. The zero-order valence-corrected chi connectivity index (χ0v) is 10.00. The predicted molar refractivity (Wildman–Crippen MR) is 60.6 cm³/mol. The summed E-state index contributed by atoms with van der Waals surface area (Å²) in [6, 6.07) is 3.91. The Morgan fingerprint density at radius 1 is 1.31 bits per heavy atom. The van der Waals surface area contributed by atoms with E-state index in [0.29, 0.717) is 5.75 Å². The van der Waals surface area contributed by atoms with Crippen molar-refractivity contribution >= 4 is 5.97 Å². The molecule has 0 aromatic heterocycles. The van der Waals surface area contributed by atoms with E-state index in [9.17, 15) is 9.90 Å². The van der Waals surface area contributed by atoms with Crippen LogP contribution in [0.15, 0.2) is 12.1 Å². The molecule has 0 aliphatic carbocycles. The monoisotopic (exact) mass is 220 g/mol. The summed E-state index contributed by atoms with van der Waals surface area (Å²) < 4.78 is 5.20. The van der Waals surface area contributed by atoms with Crippen molar-refractivity contribution in [1.29, 1.82) is 0 Å². The molecule has 0 saturated carbocycles. The summed E-state index contributed by atoms with van der Waals surface area (Å²) in [5, 5.41) is 9.84. The van der Waals surface area contributed by atoms with Crippen LogP contribution >= 0.6 is 0 Å². The van der Waals surface area contributed by atoms with E-state index in [2.05, 4.69) is 0 Å². The highest BCUT2D eigenvalue weighted by atomic mass is 16.6. The molecule has 0 spiro atoms. The van der Waals surface area contributed by atoms with Gasteiger partial charge in [0.05, 0.1) is 0 Å². The standard InChI is InChI=1S/C13H16O3/c1-7-5-6-9-10(8(7)2)16-12(15)11(14)13(9,3)4/h5-6,11,14H,1-4H3. The lowest BCUT2D eigenvalue weighted by molar-refractivity contribution is -0.149. The molecule has 1 aliphatic heterocycles. The van der Waals surface area contributed by atoms with Crippen molar-refractivity contribution in [3.05, 3.63) is 28.8 Å². The van der Waals surface area contributed by atoms with Crippen molar-refractivity contribution in [2.75, 3.05) is 0 Å². The zero-order chi connectivity index (χ0) is 12.1. The third-order valence-corrected chi connectivity index (χ3v) is 3.48. The Balaban J connectivity index is 2.69. The van der Waals surface area contributed by atoms with Gasteiger partial charge >= 0.3 is 5.97 Å². The van der Waals surface area contributed by atoms with Crippen molar-refractivity contribution < 1.29 is 14.6 Å². The number of fused-ring (bicyclic) bond motifs is 1. The Hall–Kier alpha value is -1.35. The highest BCUT2D eigenvalue weighted by molar-refractivity contribution is 5.83. The van der Waals surface area contributed by atoms with Gasteiger partial charge in [0.15, 0.2) is 6.10 Å². The van der Waals surface area contributed by atoms with E-state index in [-0.39, 0.29) is 0 Å². The molecule has 0 amide bonds. The molecule has 1 atom stereocenters. The number of ether oxygens (including phenoxy) is 1. The van der Waals surface area contributed by atoms with Crippen molar-refractivity contribution in [1.82, 2.24) is 0 Å². The Morgan fingerprint density at radius 3 is 2.56 bits per heavy atom. The van der Waals surface area contributed by atoms with E-state index in [4.69, 9.17) is 4.74 Å². The van der Waals surface area contributed by atoms with Crippen LogP contribution in [0.3, 0.4) is 0 Å². The highest BCUT2D eigenvalue weighted by Crippen LogP contribution is 2.41. The van der Waals surface area contributed by atoms with Crippen LogP contribution < -0.4 is 4.74 Å². The fourth-order valence-electron chi connectivity index (χ4n) is 2.03. The minimum Gasteiger partial charge on any atom is -0.424 e. The topological polar surface area (TPSA) is 46.5 Å². The molecule has 2 rings (SSSR count). The average Bonchev–Trinajstić information content (AvgIpc) is 2.21. The second-order valence-electron chi connectivity index (χ2n) is 4.93. The maximum Gasteiger partial charge on any atom is 0.341 e. The number of aliphatic hydroxyl groups excluding tert-OH is 1. The van der Waals surface area contributed by atoms with Gasteiger partial charge in [0.1, 0.15) is 5.75 Å². The van der Waals surface area contributed by atoms with Crippen molar-refractivity contribution in [3.8, 4) is 5.75 Å². The first-order chi connectivity index (χ1) is 7.35. The number of carbonyl (C=O) groups excluding carboxylic acids is 1. The largest absolute Gasteiger partial charge is 0.424 e. The van der Waals surface area contributed by atoms with Crippen molar-refractivity contribution in [2.24, 2.45) is 0 Å². The molecule has 1 N–H and O–H groups in total. The lowest BCUT2D eigenvalue weighted by atomic mass is 9.76. The van der Waals surface area contributed by atoms with Crippen LogP contribution in [0.25, 0.3) is 0 Å². The third-order valence-electron chi connectivity index (χ3n) is 3.48. The maximum atomic E-state index is 11.6. The fourth-order valence-corrected chi connectivity index (χ4v) is 2.03. The van der Waals surface area contributed by atoms with Gasteiger partial charge in [0.25, 0.3) is 0 Å². The van der Waals surface area contributed by atoms with Crippen LogP contribution in [0, 0.1) is 13.8 Å². The van der Waals surface area contributed by atoms with Gasteiger partial charge in [-0.25, -0.2) is 4.79 Å². The van der Waals surface area contributed by atoms with Crippen LogP contribution in [0.1, 0.15) is 30.5 Å². The van der Waals surface area contributed by atoms with Gasteiger partial charge in [-0.15, -0.1) is 0 Å². The summed E-state index contributed by atoms with van der Waals surface area (Å²) in [7, 11) is 0. The van der Waals surface area contributed by atoms with Crippen molar-refractivity contribution in [3.63, 3.8) is 0 Å². The van der Waals surface area contributed by atoms with Crippen molar-refractivity contribution in [2.45, 2.75) is 39.2 Å². The van der Waals surface area contributed by atoms with Gasteiger partial charge in [0, 0.05) is 11.0 Å². The molecule has 1 aromatic carbocycles. The smallest absolute Gasteiger partial charge is 0.341 e. The summed E-state index contributed by atoms with van der Waals surface area (Å²) in [5.41, 5.74) is 2.34. The first-order valence-corrected chi connectivity index (χ1v) is 5.36. The van der Waals surface area contributed by atoms with E-state index < -0.39 is 17.5 Å². The molecular formula is C13H16O3. The molecule has 0 saturated heterocycles. The first-order valence-electron chi connectivity index (χ1n) is 5.36. The number of hydrogen-bond acceptors (Lipinski definition) is 3. The first kappa shape index (κ1) is 11.1. The van der Waals surface area contributed by atoms with Crippen LogP contribution in [0.5, 0.6) is 5.75 Å². The summed E-state index contributed by atoms with van der Waals surface area (Å²) in [6.07, 6.45) is -1.10. The summed E-state index contributed by atoms with van der Waals surface area (Å²) in [4.78, 5) is 11.6. The molecule has 3 heteroatoms. The number of aliphatic hydroxyl groups is 1. The predicted octanol–water partition coefficient (Wildman–Crippen LogP) is 1.86. The molecule has 3 nitrogen and oxygen atoms in total. The number of rotatable bonds is 0. The number of benzene rings is 1. The van der Waals surface area contributed by atoms with E-state index in [0.717, 1.165) is 16.7 Å². The van der Waals surface area contributed by atoms with Crippen LogP contribution in [-0.4, -0.2) is 17.2 Å². The third kappa shape index (κ3) is 1.35. The molecule has 0 radical (unpaired) electrons. The Kier molecular flexibility index (Phi) is 2.31. The maximum absolute atomic E-state index is 11.6. The number of hydrogen-bond donors (Lipinski definition) is 1. The molecule has 1 aliphatic rings. The molecule has 1 heterocycles. The van der Waals surface area contributed by atoms with Gasteiger partial charge in [0.2, 0.25) is 0 Å².